The van der Waals surface area contributed by atoms with E-state index >= 15 is 0 Å². The van der Waals surface area contributed by atoms with Crippen LogP contribution in [-0.2, 0) is 20.4 Å². The summed E-state index contributed by atoms with van der Waals surface area (Å²) in [6.45, 7) is 24.4. The van der Waals surface area contributed by atoms with Gasteiger partial charge in [0.1, 0.15) is 0 Å². The molecular formula is C27H35BN2O4. The Bertz CT molecular complexity index is 963. The summed E-state index contributed by atoms with van der Waals surface area (Å²) in [4.78, 5) is 17.6. The lowest BCUT2D eigenvalue weighted by Gasteiger charge is -2.22. The molecule has 2 aromatic rings. The van der Waals surface area contributed by atoms with Gasteiger partial charge in [0.05, 0.1) is 33.0 Å². The number of nitrogens with zero attached hydrogens (tertiary/aromatic N) is 2. The van der Waals surface area contributed by atoms with Crippen LogP contribution in [-0.4, -0.2) is 43.8 Å². The van der Waals surface area contributed by atoms with Crippen LogP contribution in [0.1, 0.15) is 51.7 Å². The van der Waals surface area contributed by atoms with Crippen molar-refractivity contribution in [3.8, 4) is 0 Å². The second kappa shape index (κ2) is 15.7. The van der Waals surface area contributed by atoms with Gasteiger partial charge in [-0.15, -0.1) is 0 Å². The zero-order chi connectivity index (χ0) is 26.2. The Kier molecular flexibility index (Phi) is 14.2. The molecule has 0 spiro atoms. The first kappa shape index (κ1) is 30.9. The van der Waals surface area contributed by atoms with Gasteiger partial charge in [0.2, 0.25) is 0 Å². The Balaban J connectivity index is 0.000000502. The predicted molar refractivity (Wildman–Crippen MR) is 138 cm³/mol. The molecule has 180 valence electrons. The quantitative estimate of drug-likeness (QED) is 0.425. The minimum Gasteiger partial charge on any atom is -0.481 e. The summed E-state index contributed by atoms with van der Waals surface area (Å²) < 4.78 is 4.94. The summed E-state index contributed by atoms with van der Waals surface area (Å²) in [5, 5.41) is 18.1. The fraction of sp³-hybridized carbons (Fsp3) is 0.444. The van der Waals surface area contributed by atoms with Crippen LogP contribution in [0.2, 0.25) is 6.82 Å². The number of carbonyl (C=O) groups is 1. The zero-order valence-electron chi connectivity index (χ0n) is 20.8. The number of carboxylic acid groups (broad SMARTS) is 1. The molecule has 2 N–H and O–H groups in total. The first-order valence-corrected chi connectivity index (χ1v) is 11.0. The van der Waals surface area contributed by atoms with E-state index in [1.54, 1.807) is 44.2 Å². The highest BCUT2D eigenvalue weighted by Crippen LogP contribution is 2.27. The van der Waals surface area contributed by atoms with E-state index in [0.717, 1.165) is 18.8 Å². The number of rotatable bonds is 4. The number of aliphatic carboxylic acids is 1. The third kappa shape index (κ3) is 10.2. The highest BCUT2D eigenvalue weighted by molar-refractivity contribution is 6.05. The third-order valence-corrected chi connectivity index (χ3v) is 5.21. The average Bonchev–Trinajstić information content (AvgIpc) is 3.46. The summed E-state index contributed by atoms with van der Waals surface area (Å²) in [6, 6.07) is 14.1. The first-order chi connectivity index (χ1) is 16.1. The van der Waals surface area contributed by atoms with Crippen molar-refractivity contribution in [2.24, 2.45) is 0 Å². The van der Waals surface area contributed by atoms with E-state index in [0.29, 0.717) is 16.9 Å². The topological polar surface area (TPSA) is 75.5 Å². The zero-order valence-corrected chi connectivity index (χ0v) is 20.8. The van der Waals surface area contributed by atoms with Gasteiger partial charge < -0.3 is 14.9 Å². The van der Waals surface area contributed by atoms with Crippen LogP contribution < -0.4 is 0 Å². The van der Waals surface area contributed by atoms with E-state index < -0.39 is 11.4 Å². The number of hydrogen-bond acceptors (Lipinski definition) is 3. The standard InChI is InChI=1S/C11H11NO2.C11H13NO.C4H8O.CH3B/c1-11(2,10(13)14)8-5-4-6-9(7-8)12-3;1-11(2,8-13)9-5-4-6-10(7-9)12-3;1-2-4-5-3-1;1-2/h4-7H,1-2H3,(H,13,14);4-7,13H,8H2,1-2H3;1-4H2;1H3. The molecule has 0 amide bonds. The second-order valence-corrected chi connectivity index (χ2v) is 8.62. The largest absolute Gasteiger partial charge is 0.481 e. The van der Waals surface area contributed by atoms with E-state index in [9.17, 15) is 4.79 Å². The van der Waals surface area contributed by atoms with Crippen molar-refractivity contribution in [3.05, 3.63) is 82.5 Å². The molecule has 1 fully saturated rings. The molecule has 1 saturated heterocycles. The normalized spacial score (nSPS) is 12.2. The van der Waals surface area contributed by atoms with Crippen molar-refractivity contribution in [1.29, 1.82) is 0 Å². The van der Waals surface area contributed by atoms with Crippen LogP contribution in [0, 0.1) is 13.1 Å². The maximum absolute atomic E-state index is 10.9. The maximum atomic E-state index is 10.9. The van der Waals surface area contributed by atoms with Gasteiger partial charge >= 0.3 is 5.97 Å². The lowest BCUT2D eigenvalue weighted by Crippen LogP contribution is -2.28. The molecule has 3 rings (SSSR count). The van der Waals surface area contributed by atoms with Gasteiger partial charge in [0.25, 0.3) is 0 Å². The van der Waals surface area contributed by atoms with Crippen molar-refractivity contribution in [2.75, 3.05) is 19.8 Å². The van der Waals surface area contributed by atoms with Gasteiger partial charge in [-0.1, -0.05) is 74.8 Å². The fourth-order valence-electron chi connectivity index (χ4n) is 2.69. The van der Waals surface area contributed by atoms with E-state index in [2.05, 4.69) is 17.5 Å². The van der Waals surface area contributed by atoms with Gasteiger partial charge in [0.15, 0.2) is 11.4 Å². The lowest BCUT2D eigenvalue weighted by molar-refractivity contribution is -0.142. The first-order valence-electron chi connectivity index (χ1n) is 11.0. The molecule has 6 nitrogen and oxygen atoms in total. The van der Waals surface area contributed by atoms with Crippen LogP contribution in [0.15, 0.2) is 48.5 Å². The molecule has 1 aliphatic heterocycles. The molecule has 0 unspecified atom stereocenters. The van der Waals surface area contributed by atoms with Gasteiger partial charge in [-0.05, 0) is 32.3 Å². The summed E-state index contributed by atoms with van der Waals surface area (Å²) in [7, 11) is 4.50. The van der Waals surface area contributed by atoms with Crippen LogP contribution in [0.4, 0.5) is 11.4 Å². The smallest absolute Gasteiger partial charge is 0.313 e. The van der Waals surface area contributed by atoms with Crippen LogP contribution in [0.5, 0.6) is 0 Å². The molecule has 2 aromatic carbocycles. The van der Waals surface area contributed by atoms with E-state index in [1.807, 2.05) is 32.0 Å². The average molecular weight is 462 g/mol. The Morgan fingerprint density at radius 1 is 0.941 bits per heavy atom. The van der Waals surface area contributed by atoms with Gasteiger partial charge in [0, 0.05) is 18.6 Å². The summed E-state index contributed by atoms with van der Waals surface area (Å²) >= 11 is 0. The molecule has 0 aromatic heterocycles. The highest BCUT2D eigenvalue weighted by atomic mass is 16.5. The van der Waals surface area contributed by atoms with E-state index in [4.69, 9.17) is 28.1 Å². The van der Waals surface area contributed by atoms with E-state index in [-0.39, 0.29) is 12.0 Å². The van der Waals surface area contributed by atoms with Crippen LogP contribution in [0.3, 0.4) is 0 Å². The van der Waals surface area contributed by atoms with Gasteiger partial charge in [-0.3, -0.25) is 4.79 Å². The molecule has 0 bridgehead atoms. The monoisotopic (exact) mass is 462 g/mol. The Morgan fingerprint density at radius 3 is 1.74 bits per heavy atom. The molecule has 7 heteroatoms. The van der Waals surface area contributed by atoms with Crippen molar-refractivity contribution in [3.63, 3.8) is 0 Å². The van der Waals surface area contributed by atoms with Crippen molar-refractivity contribution >= 4 is 25.2 Å². The van der Waals surface area contributed by atoms with Crippen molar-refractivity contribution in [2.45, 2.75) is 58.2 Å². The second-order valence-electron chi connectivity index (χ2n) is 8.62. The van der Waals surface area contributed by atoms with Gasteiger partial charge in [-0.2, -0.15) is 0 Å². The Hall–Kier alpha value is -3.13. The molecular weight excluding hydrogens is 427 g/mol. The number of aliphatic hydroxyl groups excluding tert-OH is 1. The summed E-state index contributed by atoms with van der Waals surface area (Å²) in [5.74, 6) is -0.889. The lowest BCUT2D eigenvalue weighted by atomic mass is 9.85. The summed E-state index contributed by atoms with van der Waals surface area (Å²) in [5.41, 5.74) is 1.54. The number of benzene rings is 2. The van der Waals surface area contributed by atoms with Crippen LogP contribution in [0.25, 0.3) is 9.69 Å². The SMILES string of the molecule is C1CCOC1.[B]C.[C-]#[N+]c1cccc(C(C)(C)C(=O)O)c1.[C-]#[N+]c1cccc(C(C)(C)CO)c1. The fourth-order valence-corrected chi connectivity index (χ4v) is 2.69. The number of aliphatic hydroxyl groups is 1. The van der Waals surface area contributed by atoms with Crippen molar-refractivity contribution in [1.82, 2.24) is 0 Å². The van der Waals surface area contributed by atoms with Crippen LogP contribution >= 0.6 is 0 Å². The van der Waals surface area contributed by atoms with Gasteiger partial charge in [-0.25, -0.2) is 9.69 Å². The Morgan fingerprint density at radius 2 is 1.38 bits per heavy atom. The van der Waals surface area contributed by atoms with Crippen molar-refractivity contribution < 1.29 is 19.7 Å². The summed E-state index contributed by atoms with van der Waals surface area (Å²) in [6.07, 6.45) is 2.56. The molecule has 0 saturated carbocycles. The minimum atomic E-state index is -0.944. The number of hydrogen-bond donors (Lipinski definition) is 2. The third-order valence-electron chi connectivity index (χ3n) is 5.21. The minimum absolute atomic E-state index is 0.0917. The molecule has 0 aliphatic carbocycles. The number of ether oxygens (including phenoxy) is 1. The predicted octanol–water partition coefficient (Wildman–Crippen LogP) is 6.11. The highest BCUT2D eigenvalue weighted by Gasteiger charge is 2.29. The number of carboxylic acids is 1. The maximum Gasteiger partial charge on any atom is 0.313 e. The van der Waals surface area contributed by atoms with E-state index in [1.165, 1.54) is 19.7 Å². The molecule has 2 radical (unpaired) electrons. The molecule has 1 aliphatic rings. The Labute approximate surface area is 205 Å². The molecule has 34 heavy (non-hydrogen) atoms. The molecule has 1 heterocycles. The molecule has 0 atom stereocenters.